The predicted molar refractivity (Wildman–Crippen MR) is 78.3 cm³/mol. The van der Waals surface area contributed by atoms with Gasteiger partial charge >= 0.3 is 0 Å². The summed E-state index contributed by atoms with van der Waals surface area (Å²) in [5.74, 6) is 0.985. The molecule has 1 heterocycles. The van der Waals surface area contributed by atoms with Crippen LogP contribution in [0.15, 0.2) is 18.2 Å². The van der Waals surface area contributed by atoms with Gasteiger partial charge in [0, 0.05) is 24.1 Å². The van der Waals surface area contributed by atoms with Crippen molar-refractivity contribution >= 4 is 35.0 Å². The number of nitrogen functional groups attached to an aromatic ring is 1. The SMILES string of the molecule is CCC1CN(C(=O)c2cccc(Cl)c2N)CCS1. The van der Waals surface area contributed by atoms with E-state index in [2.05, 4.69) is 6.92 Å². The number of rotatable bonds is 2. The summed E-state index contributed by atoms with van der Waals surface area (Å²) in [7, 11) is 0. The molecule has 3 nitrogen and oxygen atoms in total. The lowest BCUT2D eigenvalue weighted by Gasteiger charge is -2.32. The molecule has 1 fully saturated rings. The van der Waals surface area contributed by atoms with E-state index in [9.17, 15) is 4.79 Å². The maximum absolute atomic E-state index is 12.4. The number of thioether (sulfide) groups is 1. The summed E-state index contributed by atoms with van der Waals surface area (Å²) in [5.41, 5.74) is 6.78. The molecule has 1 atom stereocenters. The fourth-order valence-electron chi connectivity index (χ4n) is 2.04. The molecule has 0 aromatic heterocycles. The van der Waals surface area contributed by atoms with Gasteiger partial charge in [-0.2, -0.15) is 11.8 Å². The molecule has 1 aliphatic rings. The molecule has 1 unspecified atom stereocenters. The first-order valence-electron chi connectivity index (χ1n) is 6.08. The van der Waals surface area contributed by atoms with Crippen molar-refractivity contribution in [2.75, 3.05) is 24.6 Å². The van der Waals surface area contributed by atoms with E-state index in [1.807, 2.05) is 16.7 Å². The van der Waals surface area contributed by atoms with E-state index in [-0.39, 0.29) is 5.91 Å². The zero-order chi connectivity index (χ0) is 13.1. The molecule has 0 radical (unpaired) electrons. The molecule has 0 saturated carbocycles. The summed E-state index contributed by atoms with van der Waals surface area (Å²) >= 11 is 7.89. The molecular weight excluding hydrogens is 268 g/mol. The van der Waals surface area contributed by atoms with Crippen LogP contribution in [0.1, 0.15) is 23.7 Å². The van der Waals surface area contributed by atoms with Crippen LogP contribution in [0.2, 0.25) is 5.02 Å². The molecule has 5 heteroatoms. The monoisotopic (exact) mass is 284 g/mol. The summed E-state index contributed by atoms with van der Waals surface area (Å²) in [6.45, 7) is 3.73. The molecule has 0 spiro atoms. The third kappa shape index (κ3) is 2.75. The number of amides is 1. The van der Waals surface area contributed by atoms with Crippen molar-refractivity contribution in [2.24, 2.45) is 0 Å². The second kappa shape index (κ2) is 5.85. The lowest BCUT2D eigenvalue weighted by atomic mass is 10.1. The fraction of sp³-hybridized carbons (Fsp3) is 0.462. The van der Waals surface area contributed by atoms with Crippen molar-refractivity contribution < 1.29 is 4.79 Å². The number of anilines is 1. The van der Waals surface area contributed by atoms with Crippen molar-refractivity contribution in [1.82, 2.24) is 4.90 Å². The van der Waals surface area contributed by atoms with Crippen LogP contribution in [0.25, 0.3) is 0 Å². The van der Waals surface area contributed by atoms with E-state index >= 15 is 0 Å². The Balaban J connectivity index is 2.18. The molecule has 98 valence electrons. The summed E-state index contributed by atoms with van der Waals surface area (Å²) in [5, 5.41) is 0.974. The Morgan fingerprint density at radius 3 is 3.11 bits per heavy atom. The molecule has 0 bridgehead atoms. The van der Waals surface area contributed by atoms with Crippen LogP contribution in [0.5, 0.6) is 0 Å². The van der Waals surface area contributed by atoms with Crippen LogP contribution in [0.3, 0.4) is 0 Å². The maximum atomic E-state index is 12.4. The lowest BCUT2D eigenvalue weighted by Crippen LogP contribution is -2.42. The second-order valence-electron chi connectivity index (χ2n) is 4.35. The Morgan fingerprint density at radius 2 is 2.39 bits per heavy atom. The normalized spacial score (nSPS) is 19.9. The van der Waals surface area contributed by atoms with Gasteiger partial charge in [-0.25, -0.2) is 0 Å². The molecule has 1 saturated heterocycles. The largest absolute Gasteiger partial charge is 0.397 e. The highest BCUT2D eigenvalue weighted by molar-refractivity contribution is 8.00. The minimum absolute atomic E-state index is 0.00579. The number of hydrogen-bond acceptors (Lipinski definition) is 3. The molecule has 2 rings (SSSR count). The van der Waals surface area contributed by atoms with Crippen molar-refractivity contribution in [3.63, 3.8) is 0 Å². The molecule has 1 aromatic rings. The smallest absolute Gasteiger partial charge is 0.256 e. The second-order valence-corrected chi connectivity index (χ2v) is 6.17. The van der Waals surface area contributed by atoms with Gasteiger partial charge in [0.1, 0.15) is 0 Å². The van der Waals surface area contributed by atoms with Crippen LogP contribution in [0.4, 0.5) is 5.69 Å². The number of nitrogens with two attached hydrogens (primary N) is 1. The van der Waals surface area contributed by atoms with Gasteiger partial charge < -0.3 is 10.6 Å². The van der Waals surface area contributed by atoms with Gasteiger partial charge in [0.15, 0.2) is 0 Å². The van der Waals surface area contributed by atoms with Crippen molar-refractivity contribution in [3.8, 4) is 0 Å². The average molecular weight is 285 g/mol. The number of halogens is 1. The van der Waals surface area contributed by atoms with Gasteiger partial charge in [0.05, 0.1) is 16.3 Å². The van der Waals surface area contributed by atoms with E-state index < -0.39 is 0 Å². The first-order valence-corrected chi connectivity index (χ1v) is 7.51. The number of benzene rings is 1. The highest BCUT2D eigenvalue weighted by Crippen LogP contribution is 2.26. The van der Waals surface area contributed by atoms with Crippen LogP contribution in [0, 0.1) is 0 Å². The number of nitrogens with zero attached hydrogens (tertiary/aromatic N) is 1. The average Bonchev–Trinajstić information content (AvgIpc) is 2.41. The van der Waals surface area contributed by atoms with Gasteiger partial charge in [0.25, 0.3) is 5.91 Å². The number of para-hydroxylation sites is 1. The zero-order valence-electron chi connectivity index (χ0n) is 10.4. The van der Waals surface area contributed by atoms with Crippen molar-refractivity contribution in [2.45, 2.75) is 18.6 Å². The van der Waals surface area contributed by atoms with Gasteiger partial charge in [-0.1, -0.05) is 24.6 Å². The summed E-state index contributed by atoms with van der Waals surface area (Å²) < 4.78 is 0. The topological polar surface area (TPSA) is 46.3 Å². The van der Waals surface area contributed by atoms with Gasteiger partial charge in [-0.3, -0.25) is 4.79 Å². The molecule has 0 aliphatic carbocycles. The third-order valence-corrected chi connectivity index (χ3v) is 4.87. The quantitative estimate of drug-likeness (QED) is 0.850. The first-order chi connectivity index (χ1) is 8.63. The highest BCUT2D eigenvalue weighted by Gasteiger charge is 2.25. The summed E-state index contributed by atoms with van der Waals surface area (Å²) in [6, 6.07) is 5.21. The van der Waals surface area contributed by atoms with Crippen LogP contribution in [-0.4, -0.2) is 34.9 Å². The van der Waals surface area contributed by atoms with E-state index in [0.717, 1.165) is 25.3 Å². The third-order valence-electron chi connectivity index (χ3n) is 3.16. The minimum atomic E-state index is -0.00579. The van der Waals surface area contributed by atoms with E-state index in [0.29, 0.717) is 21.5 Å². The molecule has 1 aliphatic heterocycles. The van der Waals surface area contributed by atoms with E-state index in [1.54, 1.807) is 18.2 Å². The lowest BCUT2D eigenvalue weighted by molar-refractivity contribution is 0.0762. The standard InChI is InChI=1S/C13H17ClN2OS/c1-2-9-8-16(6-7-18-9)13(17)10-4-3-5-11(14)12(10)15/h3-5,9H,2,6-8,15H2,1H3. The molecule has 18 heavy (non-hydrogen) atoms. The molecular formula is C13H17ClN2OS. The van der Waals surface area contributed by atoms with Crippen LogP contribution < -0.4 is 5.73 Å². The Bertz CT molecular complexity index is 453. The molecule has 1 amide bonds. The Morgan fingerprint density at radius 1 is 1.61 bits per heavy atom. The molecule has 1 aromatic carbocycles. The Kier molecular flexibility index (Phi) is 4.40. The summed E-state index contributed by atoms with van der Waals surface area (Å²) in [4.78, 5) is 14.3. The van der Waals surface area contributed by atoms with Crippen LogP contribution in [-0.2, 0) is 0 Å². The fourth-order valence-corrected chi connectivity index (χ4v) is 3.40. The zero-order valence-corrected chi connectivity index (χ0v) is 11.9. The summed E-state index contributed by atoms with van der Waals surface area (Å²) in [6.07, 6.45) is 1.08. The van der Waals surface area contributed by atoms with Gasteiger partial charge in [0.2, 0.25) is 0 Å². The number of hydrogen-bond donors (Lipinski definition) is 1. The van der Waals surface area contributed by atoms with Gasteiger partial charge in [-0.05, 0) is 18.6 Å². The maximum Gasteiger partial charge on any atom is 0.256 e. The number of carbonyl (C=O) groups is 1. The highest BCUT2D eigenvalue weighted by atomic mass is 35.5. The Hall–Kier alpha value is -0.870. The van der Waals surface area contributed by atoms with Gasteiger partial charge in [-0.15, -0.1) is 0 Å². The van der Waals surface area contributed by atoms with E-state index in [1.165, 1.54) is 0 Å². The Labute approximate surface area is 117 Å². The first kappa shape index (κ1) is 13.6. The van der Waals surface area contributed by atoms with Crippen LogP contribution >= 0.6 is 23.4 Å². The van der Waals surface area contributed by atoms with E-state index in [4.69, 9.17) is 17.3 Å². The van der Waals surface area contributed by atoms with Crippen molar-refractivity contribution in [1.29, 1.82) is 0 Å². The molecule has 2 N–H and O–H groups in total. The number of carbonyl (C=O) groups excluding carboxylic acids is 1. The predicted octanol–water partition coefficient (Wildman–Crippen LogP) is 2.89. The van der Waals surface area contributed by atoms with Crippen molar-refractivity contribution in [3.05, 3.63) is 28.8 Å². The minimum Gasteiger partial charge on any atom is -0.397 e.